The number of nitriles is 1. The van der Waals surface area contributed by atoms with Crippen molar-refractivity contribution in [1.29, 1.82) is 5.26 Å². The van der Waals surface area contributed by atoms with Crippen molar-refractivity contribution in [2.75, 3.05) is 0 Å². The highest BCUT2D eigenvalue weighted by atomic mass is 32.2. The number of rotatable bonds is 4. The summed E-state index contributed by atoms with van der Waals surface area (Å²) < 4.78 is 46.1. The summed E-state index contributed by atoms with van der Waals surface area (Å²) in [6, 6.07) is 7.94. The molecule has 6 nitrogen and oxygen atoms in total. The fourth-order valence-corrected chi connectivity index (χ4v) is 4.69. The Morgan fingerprint density at radius 3 is 2.62 bits per heavy atom. The highest BCUT2D eigenvalue weighted by Gasteiger charge is 2.21. The fourth-order valence-electron chi connectivity index (χ4n) is 1.66. The van der Waals surface area contributed by atoms with E-state index in [4.69, 9.17) is 5.26 Å². The van der Waals surface area contributed by atoms with E-state index in [0.717, 1.165) is 17.4 Å². The van der Waals surface area contributed by atoms with Crippen LogP contribution in [0.5, 0.6) is 5.75 Å². The lowest BCUT2D eigenvalue weighted by Gasteiger charge is -2.08. The molecule has 110 valence electrons. The van der Waals surface area contributed by atoms with Crippen LogP contribution < -0.4 is 0 Å². The maximum atomic E-state index is 12.4. The molecular weight excluding hydrogens is 334 g/mol. The van der Waals surface area contributed by atoms with Crippen LogP contribution in [0.4, 0.5) is 0 Å². The van der Waals surface area contributed by atoms with Gasteiger partial charge in [-0.3, -0.25) is 4.21 Å². The molecule has 9 heteroatoms. The molecule has 1 heterocycles. The minimum Gasteiger partial charge on any atom is -0.772 e. The average Bonchev–Trinajstić information content (AvgIpc) is 2.86. The molecule has 2 aromatic rings. The largest absolute Gasteiger partial charge is 0.772 e. The van der Waals surface area contributed by atoms with Gasteiger partial charge in [0.25, 0.3) is 0 Å². The van der Waals surface area contributed by atoms with Crippen molar-refractivity contribution in [3.63, 3.8) is 0 Å². The first-order valence-electron chi connectivity index (χ1n) is 5.47. The predicted molar refractivity (Wildman–Crippen MR) is 75.2 cm³/mol. The zero-order valence-corrected chi connectivity index (χ0v) is 12.8. The first-order chi connectivity index (χ1) is 9.82. The molecule has 21 heavy (non-hydrogen) atoms. The number of nitrogens with zero attached hydrogens (tertiary/aromatic N) is 1. The summed E-state index contributed by atoms with van der Waals surface area (Å²) in [6.07, 6.45) is 0. The summed E-state index contributed by atoms with van der Waals surface area (Å²) in [6.45, 7) is 0. The minimum atomic E-state index is -3.90. The zero-order chi connectivity index (χ0) is 15.6. The summed E-state index contributed by atoms with van der Waals surface area (Å²) in [5.74, 6) is -0.737. The number of aromatic hydroxyl groups is 1. The van der Waals surface area contributed by atoms with E-state index in [9.17, 15) is 22.3 Å². The van der Waals surface area contributed by atoms with Crippen LogP contribution in [0.3, 0.4) is 0 Å². The molecule has 0 bridgehead atoms. The Morgan fingerprint density at radius 2 is 2.05 bits per heavy atom. The Balaban J connectivity index is 2.52. The molecule has 0 saturated heterocycles. The summed E-state index contributed by atoms with van der Waals surface area (Å²) in [5, 5.41) is 18.3. The Bertz CT molecular complexity index is 848. The second kappa shape index (κ2) is 5.95. The molecule has 0 saturated carbocycles. The monoisotopic (exact) mass is 342 g/mol. The molecule has 0 aliphatic heterocycles. The first kappa shape index (κ1) is 15.7. The van der Waals surface area contributed by atoms with Crippen molar-refractivity contribution in [2.45, 2.75) is 14.9 Å². The van der Waals surface area contributed by atoms with Gasteiger partial charge in [0.1, 0.15) is 20.9 Å². The van der Waals surface area contributed by atoms with Crippen LogP contribution in [-0.4, -0.2) is 22.3 Å². The second-order valence-electron chi connectivity index (χ2n) is 4.02. The van der Waals surface area contributed by atoms with Gasteiger partial charge in [0.05, 0.1) is 4.90 Å². The lowest BCUT2D eigenvalue weighted by molar-refractivity contribution is 0.472. The van der Waals surface area contributed by atoms with Gasteiger partial charge >= 0.3 is 0 Å². The Morgan fingerprint density at radius 1 is 1.33 bits per heavy atom. The highest BCUT2D eigenvalue weighted by molar-refractivity contribution is 7.93. The Kier molecular flexibility index (Phi) is 4.43. The van der Waals surface area contributed by atoms with Gasteiger partial charge in [0, 0.05) is 5.75 Å². The number of thiophene rings is 1. The van der Waals surface area contributed by atoms with Crippen molar-refractivity contribution in [3.05, 3.63) is 40.8 Å². The number of phenolic OH excluding ortho intramolecular Hbond substituents is 1. The van der Waals surface area contributed by atoms with Crippen LogP contribution in [0.25, 0.3) is 0 Å². The van der Waals surface area contributed by atoms with Crippen LogP contribution in [0.15, 0.2) is 39.4 Å². The smallest absolute Gasteiger partial charge is 0.216 e. The molecule has 1 aromatic heterocycles. The van der Waals surface area contributed by atoms with E-state index in [1.807, 2.05) is 6.07 Å². The molecule has 0 spiro atoms. The number of benzene rings is 1. The summed E-state index contributed by atoms with van der Waals surface area (Å²) in [5.41, 5.74) is 0.166. The van der Waals surface area contributed by atoms with Crippen molar-refractivity contribution in [1.82, 2.24) is 0 Å². The van der Waals surface area contributed by atoms with Gasteiger partial charge in [0.2, 0.25) is 9.84 Å². The van der Waals surface area contributed by atoms with E-state index in [1.54, 1.807) is 0 Å². The lowest BCUT2D eigenvalue weighted by atomic mass is 10.2. The topological polar surface area (TPSA) is 118 Å². The third-order valence-corrected chi connectivity index (χ3v) is 6.29. The van der Waals surface area contributed by atoms with Crippen LogP contribution in [0.2, 0.25) is 0 Å². The van der Waals surface area contributed by atoms with E-state index in [2.05, 4.69) is 0 Å². The van der Waals surface area contributed by atoms with Gasteiger partial charge in [-0.05, 0) is 35.9 Å². The number of sulfone groups is 1. The zero-order valence-electron chi connectivity index (χ0n) is 10.3. The van der Waals surface area contributed by atoms with Crippen LogP contribution in [0.1, 0.15) is 10.4 Å². The van der Waals surface area contributed by atoms with Crippen molar-refractivity contribution in [3.8, 4) is 11.8 Å². The van der Waals surface area contributed by atoms with E-state index >= 15 is 0 Å². The lowest BCUT2D eigenvalue weighted by Crippen LogP contribution is -2.02. The summed E-state index contributed by atoms with van der Waals surface area (Å²) >= 11 is -1.59. The second-order valence-corrected chi connectivity index (χ2v) is 8.17. The number of hydrogen-bond donors (Lipinski definition) is 1. The molecule has 0 radical (unpaired) electrons. The minimum absolute atomic E-state index is 0.0427. The predicted octanol–water partition coefficient (Wildman–Crippen LogP) is 1.54. The molecule has 1 aromatic carbocycles. The molecule has 1 unspecified atom stereocenters. The maximum Gasteiger partial charge on any atom is 0.216 e. The molecule has 1 atom stereocenters. The van der Waals surface area contributed by atoms with E-state index in [1.165, 1.54) is 24.3 Å². The quantitative estimate of drug-likeness (QED) is 0.842. The SMILES string of the molecule is N#Cc1ccc(S(=O)(=O)c2cc(O)cc(CS(=O)[O-])c2)s1. The van der Waals surface area contributed by atoms with Crippen molar-refractivity contribution in [2.24, 2.45) is 0 Å². The number of phenols is 1. The van der Waals surface area contributed by atoms with Gasteiger partial charge < -0.3 is 9.66 Å². The normalized spacial score (nSPS) is 12.8. The molecule has 0 amide bonds. The third kappa shape index (κ3) is 3.48. The Hall–Kier alpha value is -1.73. The van der Waals surface area contributed by atoms with E-state index in [0.29, 0.717) is 0 Å². The van der Waals surface area contributed by atoms with Gasteiger partial charge in [-0.1, -0.05) is 11.1 Å². The van der Waals surface area contributed by atoms with Crippen molar-refractivity contribution < 1.29 is 22.3 Å². The van der Waals surface area contributed by atoms with Gasteiger partial charge in [-0.2, -0.15) is 5.26 Å². The van der Waals surface area contributed by atoms with Gasteiger partial charge in [0.15, 0.2) is 0 Å². The number of hydrogen-bond acceptors (Lipinski definition) is 7. The molecule has 0 aliphatic carbocycles. The van der Waals surface area contributed by atoms with Crippen molar-refractivity contribution >= 4 is 32.3 Å². The molecule has 0 aliphatic rings. The molecular formula is C12H8NO5S3-. The van der Waals surface area contributed by atoms with E-state index < -0.39 is 26.7 Å². The first-order valence-corrected chi connectivity index (χ1v) is 9.01. The molecule has 1 N–H and O–H groups in total. The van der Waals surface area contributed by atoms with Gasteiger partial charge in [-0.15, -0.1) is 11.3 Å². The van der Waals surface area contributed by atoms with Crippen LogP contribution >= 0.6 is 11.3 Å². The highest BCUT2D eigenvalue weighted by Crippen LogP contribution is 2.30. The summed E-state index contributed by atoms with van der Waals surface area (Å²) in [4.78, 5) is 0.0314. The van der Waals surface area contributed by atoms with Crippen LogP contribution in [0, 0.1) is 11.3 Å². The molecule has 2 rings (SSSR count). The van der Waals surface area contributed by atoms with Crippen LogP contribution in [-0.2, 0) is 26.7 Å². The maximum absolute atomic E-state index is 12.4. The fraction of sp³-hybridized carbons (Fsp3) is 0.0833. The third-order valence-electron chi connectivity index (χ3n) is 2.50. The summed E-state index contributed by atoms with van der Waals surface area (Å²) in [7, 11) is -3.90. The Labute approximate surface area is 127 Å². The van der Waals surface area contributed by atoms with E-state index in [-0.39, 0.29) is 25.3 Å². The molecule has 0 fully saturated rings. The standard InChI is InChI=1S/C12H9NO5S3/c13-6-10-1-2-12(19-10)21(17,18)11-4-8(7-20(15)16)3-9(14)5-11/h1-5,14H,7H2,(H,15,16)/p-1. The average molecular weight is 342 g/mol. The van der Waals surface area contributed by atoms with Gasteiger partial charge in [-0.25, -0.2) is 8.42 Å².